The van der Waals surface area contributed by atoms with Crippen molar-refractivity contribution in [2.75, 3.05) is 31.5 Å². The molecule has 1 aliphatic rings. The molecule has 1 fully saturated rings. The van der Waals surface area contributed by atoms with E-state index in [9.17, 15) is 4.79 Å². The zero-order chi connectivity index (χ0) is 25.3. The van der Waals surface area contributed by atoms with E-state index < -0.39 is 50.1 Å². The zero-order valence-electron chi connectivity index (χ0n) is 22.4. The number of nitrogens with zero attached hydrogens (tertiary/aromatic N) is 5. The van der Waals surface area contributed by atoms with Crippen LogP contribution in [0.1, 0.15) is 31.3 Å². The van der Waals surface area contributed by atoms with E-state index in [1.165, 1.54) is 7.05 Å². The first kappa shape index (κ1) is 8.47. The molecule has 3 heterocycles. The third-order valence-corrected chi connectivity index (χ3v) is 3.57. The summed E-state index contributed by atoms with van der Waals surface area (Å²) in [6.45, 7) is 2.37. The van der Waals surface area contributed by atoms with Crippen molar-refractivity contribution in [3.63, 3.8) is 0 Å². The van der Waals surface area contributed by atoms with Gasteiger partial charge in [-0.15, -0.1) is 0 Å². The first-order valence-corrected chi connectivity index (χ1v) is 7.21. The van der Waals surface area contributed by atoms with E-state index in [1.54, 1.807) is 6.92 Å². The van der Waals surface area contributed by atoms with Gasteiger partial charge in [-0.25, -0.2) is 16.5 Å². The van der Waals surface area contributed by atoms with Crippen LogP contribution in [-0.2, 0) is 4.79 Å². The molecule has 0 spiro atoms. The number of rotatable bonds is 3. The van der Waals surface area contributed by atoms with Gasteiger partial charge in [-0.1, -0.05) is 6.92 Å². The van der Waals surface area contributed by atoms with Crippen molar-refractivity contribution in [3.8, 4) is 0 Å². The smallest absolute Gasteiger partial charge is 0.302 e. The Hall–Kier alpha value is -2.62. The number of likely N-dealkylation sites (N-methyl/N-ethyl adjacent to an activating group) is 1. The minimum Gasteiger partial charge on any atom is -0.354 e. The second-order valence-corrected chi connectivity index (χ2v) is 5.33. The number of carbonyl (C=O) groups is 1. The fraction of sp³-hybridized carbons (Fsp3) is 0.529. The van der Waals surface area contributed by atoms with Gasteiger partial charge in [0.05, 0.1) is 16.9 Å². The van der Waals surface area contributed by atoms with Crippen LogP contribution in [0, 0.1) is 19.4 Å². The van der Waals surface area contributed by atoms with Crippen molar-refractivity contribution < 1.29 is 17.1 Å². The number of amides is 1. The summed E-state index contributed by atoms with van der Waals surface area (Å²) < 4.78 is 76.2. The number of H-pyrrole nitrogens is 1. The third kappa shape index (κ3) is 2.92. The number of likely N-dealkylation sites (tertiary alicyclic amines) is 1. The SMILES string of the molecule is [2H]c1nc(N(C)[C@]2([2H])[C@H](C)C([2H])([2H])C([2H])([2H])N(C(=O)C[N+]#[C-])C2([2H])[2H])c2c([2H])c(C)[nH]c2n1. The molecule has 1 aliphatic heterocycles. The summed E-state index contributed by atoms with van der Waals surface area (Å²) in [5, 5.41) is 0.0637. The van der Waals surface area contributed by atoms with Gasteiger partial charge in [0, 0.05) is 31.2 Å². The molecule has 1 saturated heterocycles. The average Bonchev–Trinajstić information content (AvgIpc) is 2.97. The molecule has 2 atom stereocenters. The maximum Gasteiger partial charge on any atom is 0.302 e. The number of nitrogens with one attached hydrogen (secondary N) is 1. The Balaban J connectivity index is 2.34. The monoisotopic (exact) mass is 335 g/mol. The third-order valence-electron chi connectivity index (χ3n) is 3.57. The molecule has 24 heavy (non-hydrogen) atoms. The van der Waals surface area contributed by atoms with Crippen LogP contribution >= 0.6 is 0 Å². The summed E-state index contributed by atoms with van der Waals surface area (Å²) >= 11 is 0. The highest BCUT2D eigenvalue weighted by atomic mass is 16.2. The molecule has 1 N–H and O–H groups in total. The Labute approximate surface area is 154 Å². The van der Waals surface area contributed by atoms with Crippen molar-refractivity contribution >= 4 is 22.8 Å². The van der Waals surface area contributed by atoms with Crippen LogP contribution in [0.4, 0.5) is 5.82 Å². The number of aromatic nitrogens is 3. The molecule has 2 aromatic rings. The van der Waals surface area contributed by atoms with Crippen LogP contribution in [0.25, 0.3) is 15.9 Å². The van der Waals surface area contributed by atoms with Gasteiger partial charge in [-0.3, -0.25) is 4.79 Å². The van der Waals surface area contributed by atoms with Crippen LogP contribution in [0.3, 0.4) is 0 Å². The lowest BCUT2D eigenvalue weighted by atomic mass is 9.92. The van der Waals surface area contributed by atoms with E-state index in [0.29, 0.717) is 5.69 Å². The number of hydrogen-bond acceptors (Lipinski definition) is 4. The second kappa shape index (κ2) is 6.48. The Morgan fingerprint density at radius 1 is 1.71 bits per heavy atom. The van der Waals surface area contributed by atoms with Gasteiger partial charge in [0.2, 0.25) is 0 Å². The molecule has 0 saturated carbocycles. The largest absolute Gasteiger partial charge is 0.354 e. The van der Waals surface area contributed by atoms with Gasteiger partial charge in [-0.05, 0) is 25.3 Å². The fourth-order valence-corrected chi connectivity index (χ4v) is 2.40. The maximum atomic E-state index is 12.7. The number of aryl methyl sites for hydroxylation is 1. The van der Waals surface area contributed by atoms with Crippen LogP contribution < -0.4 is 4.90 Å². The van der Waals surface area contributed by atoms with Crippen LogP contribution in [0.2, 0.25) is 0 Å². The summed E-state index contributed by atoms with van der Waals surface area (Å²) in [5.74, 6) is -3.22. The first-order chi connectivity index (χ1) is 15.0. The van der Waals surface area contributed by atoms with E-state index in [4.69, 9.17) is 18.9 Å². The summed E-state index contributed by atoms with van der Waals surface area (Å²) in [6.07, 6.45) is -3.43. The number of carbonyl (C=O) groups excluding carboxylic acids is 1. The molecule has 0 unspecified atom stereocenters. The van der Waals surface area contributed by atoms with E-state index in [1.807, 2.05) is 0 Å². The summed E-state index contributed by atoms with van der Waals surface area (Å²) in [6, 6.07) is -2.76. The Morgan fingerprint density at radius 3 is 3.25 bits per heavy atom. The molecule has 0 aliphatic carbocycles. The number of piperidine rings is 1. The number of aromatic amines is 1. The second-order valence-electron chi connectivity index (χ2n) is 5.33. The molecule has 0 radical (unpaired) electrons. The maximum absolute atomic E-state index is 12.7. The van der Waals surface area contributed by atoms with E-state index >= 15 is 0 Å². The Kier molecular flexibility index (Phi) is 2.29. The molecule has 3 rings (SSSR count). The lowest BCUT2D eigenvalue weighted by molar-refractivity contribution is -0.130. The molecular weight excluding hydrogens is 304 g/mol. The van der Waals surface area contributed by atoms with E-state index in [0.717, 1.165) is 11.8 Å². The van der Waals surface area contributed by atoms with Crippen LogP contribution in [0.5, 0.6) is 0 Å². The minimum atomic E-state index is -3.18. The van der Waals surface area contributed by atoms with Crippen molar-refractivity contribution in [1.82, 2.24) is 19.9 Å². The topological polar surface area (TPSA) is 69.5 Å². The van der Waals surface area contributed by atoms with Gasteiger partial charge >= 0.3 is 5.91 Å². The predicted molar refractivity (Wildman–Crippen MR) is 92.6 cm³/mol. The predicted octanol–water partition coefficient (Wildman–Crippen LogP) is 1.86. The van der Waals surface area contributed by atoms with Crippen molar-refractivity contribution in [3.05, 3.63) is 29.5 Å². The number of hydrogen-bond donors (Lipinski definition) is 1. The first-order valence-electron chi connectivity index (χ1n) is 11.7. The molecule has 126 valence electrons. The Morgan fingerprint density at radius 2 is 2.50 bits per heavy atom. The fourth-order valence-electron chi connectivity index (χ4n) is 2.40. The molecule has 7 heteroatoms. The van der Waals surface area contributed by atoms with Gasteiger partial charge in [0.15, 0.2) is 0 Å². The van der Waals surface area contributed by atoms with Crippen molar-refractivity contribution in [1.29, 1.82) is 0 Å². The summed E-state index contributed by atoms with van der Waals surface area (Å²) in [4.78, 5) is 27.1. The lowest BCUT2D eigenvalue weighted by Crippen LogP contribution is -2.53. The molecule has 0 aromatic carbocycles. The van der Waals surface area contributed by atoms with Crippen molar-refractivity contribution in [2.45, 2.75) is 26.2 Å². The summed E-state index contributed by atoms with van der Waals surface area (Å²) in [7, 11) is 1.21. The highest BCUT2D eigenvalue weighted by Crippen LogP contribution is 2.29. The number of fused-ring (bicyclic) bond motifs is 1. The molecule has 0 bridgehead atoms. The zero-order valence-corrected chi connectivity index (χ0v) is 13.4. The average molecular weight is 335 g/mol. The van der Waals surface area contributed by atoms with Crippen LogP contribution in [-0.4, -0.2) is 58.4 Å². The standard InChI is InChI=1S/C17H22N6O/c1-11-5-6-23(15(24)8-18-3)9-14(11)22(4)17-13-7-12(2)21-16(13)19-10-20-17/h7,10-11,14H,5-6,8-9H2,1-2,4H3,(H,19,20,21)/t11-,14+/m1/s1/i5D2,6D2,7D,9D2,10D,14D. The van der Waals surface area contributed by atoms with Gasteiger partial charge in [0.1, 0.15) is 19.1 Å². The molecular formula is C17H22N6O. The van der Waals surface area contributed by atoms with E-state index in [-0.39, 0.29) is 27.8 Å². The lowest BCUT2D eigenvalue weighted by Gasteiger charge is -2.41. The normalized spacial score (nSPS) is 35.7. The van der Waals surface area contributed by atoms with Crippen LogP contribution in [0.15, 0.2) is 12.3 Å². The molecule has 1 amide bonds. The Bertz CT molecular complexity index is 1180. The van der Waals surface area contributed by atoms with Gasteiger partial charge < -0.3 is 19.6 Å². The van der Waals surface area contributed by atoms with Gasteiger partial charge in [-0.2, -0.15) is 0 Å². The van der Waals surface area contributed by atoms with Gasteiger partial charge in [0.25, 0.3) is 6.54 Å². The minimum absolute atomic E-state index is 0.00842. The number of anilines is 1. The highest BCUT2D eigenvalue weighted by molar-refractivity contribution is 5.88. The quantitative estimate of drug-likeness (QED) is 0.869. The van der Waals surface area contributed by atoms with Crippen molar-refractivity contribution in [2.24, 2.45) is 5.92 Å². The molecule has 7 nitrogen and oxygen atoms in total. The molecule has 2 aromatic heterocycles. The van der Waals surface area contributed by atoms with E-state index in [2.05, 4.69) is 19.8 Å². The summed E-state index contributed by atoms with van der Waals surface area (Å²) in [5.41, 5.74) is 0.463. The highest BCUT2D eigenvalue weighted by Gasteiger charge is 2.33.